The van der Waals surface area contributed by atoms with Crippen molar-refractivity contribution in [3.63, 3.8) is 0 Å². The minimum absolute atomic E-state index is 1.12. The van der Waals surface area contributed by atoms with E-state index in [-0.39, 0.29) is 0 Å². The third kappa shape index (κ3) is 5.09. The molecule has 0 aliphatic carbocycles. The molecule has 1 heteroatoms. The summed E-state index contributed by atoms with van der Waals surface area (Å²) >= 11 is 0. The van der Waals surface area contributed by atoms with Crippen LogP contribution in [0, 0.1) is 0 Å². The van der Waals surface area contributed by atoms with Gasteiger partial charge in [0.1, 0.15) is 0 Å². The third-order valence-electron chi connectivity index (χ3n) is 5.05. The average molecular weight is 400 g/mol. The largest absolute Gasteiger partial charge is 0.311 e. The van der Waals surface area contributed by atoms with Crippen molar-refractivity contribution < 1.29 is 0 Å². The van der Waals surface area contributed by atoms with Crippen molar-refractivity contribution in [2.24, 2.45) is 0 Å². The lowest BCUT2D eigenvalue weighted by atomic mass is 10.0. The van der Waals surface area contributed by atoms with Crippen LogP contribution in [-0.4, -0.2) is 0 Å². The molecule has 0 saturated heterocycles. The van der Waals surface area contributed by atoms with Crippen LogP contribution in [-0.2, 0) is 0 Å². The van der Waals surface area contributed by atoms with Crippen molar-refractivity contribution in [3.8, 4) is 11.1 Å². The zero-order valence-electron chi connectivity index (χ0n) is 17.4. The lowest BCUT2D eigenvalue weighted by Gasteiger charge is -2.25. The molecule has 0 radical (unpaired) electrons. The third-order valence-corrected chi connectivity index (χ3v) is 5.05. The molecular weight excluding hydrogens is 374 g/mol. The summed E-state index contributed by atoms with van der Waals surface area (Å²) in [7, 11) is 0. The summed E-state index contributed by atoms with van der Waals surface area (Å²) < 4.78 is 0. The van der Waals surface area contributed by atoms with Crippen molar-refractivity contribution in [2.75, 3.05) is 4.90 Å². The van der Waals surface area contributed by atoms with E-state index in [0.29, 0.717) is 0 Å². The van der Waals surface area contributed by atoms with E-state index in [2.05, 4.69) is 115 Å². The zero-order valence-corrected chi connectivity index (χ0v) is 17.4. The van der Waals surface area contributed by atoms with Gasteiger partial charge in [0.05, 0.1) is 0 Å². The van der Waals surface area contributed by atoms with Gasteiger partial charge < -0.3 is 4.90 Å². The highest BCUT2D eigenvalue weighted by Crippen LogP contribution is 2.35. The summed E-state index contributed by atoms with van der Waals surface area (Å²) in [6.07, 6.45) is 9.78. The fourth-order valence-corrected chi connectivity index (χ4v) is 3.50. The van der Waals surface area contributed by atoms with E-state index in [0.717, 1.165) is 22.6 Å². The van der Waals surface area contributed by atoms with E-state index in [9.17, 15) is 0 Å². The Balaban J connectivity index is 1.66. The van der Waals surface area contributed by atoms with Crippen LogP contribution in [0.2, 0.25) is 0 Å². The van der Waals surface area contributed by atoms with E-state index in [4.69, 9.17) is 0 Å². The number of benzene rings is 4. The number of hydrogen-bond acceptors (Lipinski definition) is 1. The zero-order chi connectivity index (χ0) is 21.3. The number of nitrogens with zero attached hydrogens (tertiary/aromatic N) is 1. The second-order valence-corrected chi connectivity index (χ2v) is 7.16. The Morgan fingerprint density at radius 1 is 0.484 bits per heavy atom. The van der Waals surface area contributed by atoms with Crippen LogP contribution in [0.3, 0.4) is 0 Å². The lowest BCUT2D eigenvalue weighted by Crippen LogP contribution is -2.09. The Morgan fingerprint density at radius 3 is 1.61 bits per heavy atom. The van der Waals surface area contributed by atoms with Gasteiger partial charge in [-0.2, -0.15) is 0 Å². The van der Waals surface area contributed by atoms with Crippen LogP contribution in [0.15, 0.2) is 140 Å². The molecule has 0 atom stereocenters. The molecule has 31 heavy (non-hydrogen) atoms. The first kappa shape index (κ1) is 20.2. The van der Waals surface area contributed by atoms with Gasteiger partial charge in [-0.3, -0.25) is 0 Å². The molecule has 150 valence electrons. The molecule has 0 aliphatic rings. The molecule has 0 fully saturated rings. The van der Waals surface area contributed by atoms with Gasteiger partial charge >= 0.3 is 0 Å². The fraction of sp³-hybridized carbons (Fsp3) is 0. The number of para-hydroxylation sites is 1. The topological polar surface area (TPSA) is 3.24 Å². The summed E-state index contributed by atoms with van der Waals surface area (Å²) in [5.41, 5.74) is 6.98. The maximum atomic E-state index is 3.69. The van der Waals surface area contributed by atoms with Crippen molar-refractivity contribution in [1.29, 1.82) is 0 Å². The van der Waals surface area contributed by atoms with E-state index in [1.54, 1.807) is 6.08 Å². The number of rotatable bonds is 7. The van der Waals surface area contributed by atoms with E-state index in [1.807, 2.05) is 30.4 Å². The van der Waals surface area contributed by atoms with Crippen LogP contribution < -0.4 is 4.90 Å². The van der Waals surface area contributed by atoms with Crippen LogP contribution >= 0.6 is 0 Å². The fourth-order valence-electron chi connectivity index (χ4n) is 3.50. The normalized spacial score (nSPS) is 11.1. The van der Waals surface area contributed by atoms with Gasteiger partial charge in [-0.05, 0) is 53.1 Å². The first-order valence-corrected chi connectivity index (χ1v) is 10.4. The minimum atomic E-state index is 1.12. The molecule has 4 aromatic carbocycles. The van der Waals surface area contributed by atoms with Crippen molar-refractivity contribution in [2.45, 2.75) is 0 Å². The van der Waals surface area contributed by atoms with Crippen LogP contribution in [0.4, 0.5) is 17.1 Å². The highest BCUT2D eigenvalue weighted by atomic mass is 15.1. The van der Waals surface area contributed by atoms with E-state index in [1.165, 1.54) is 11.1 Å². The molecule has 4 rings (SSSR count). The summed E-state index contributed by atoms with van der Waals surface area (Å²) in [6, 6.07) is 38.3. The Labute approximate surface area is 184 Å². The average Bonchev–Trinajstić information content (AvgIpc) is 2.85. The summed E-state index contributed by atoms with van der Waals surface area (Å²) in [6.45, 7) is 3.69. The predicted octanol–water partition coefficient (Wildman–Crippen LogP) is 8.58. The van der Waals surface area contributed by atoms with Crippen LogP contribution in [0.1, 0.15) is 5.56 Å². The first-order chi connectivity index (χ1) is 15.3. The van der Waals surface area contributed by atoms with Crippen molar-refractivity contribution in [3.05, 3.63) is 146 Å². The Hall–Kier alpha value is -4.10. The monoisotopic (exact) mass is 399 g/mol. The highest BCUT2D eigenvalue weighted by molar-refractivity contribution is 5.78. The molecule has 0 unspecified atom stereocenters. The molecule has 1 nitrogen and oxygen atoms in total. The second kappa shape index (κ2) is 10.1. The number of anilines is 3. The number of hydrogen-bond donors (Lipinski definition) is 0. The molecular formula is C30H25N. The van der Waals surface area contributed by atoms with Gasteiger partial charge in [0.25, 0.3) is 0 Å². The Kier molecular flexibility index (Phi) is 6.57. The van der Waals surface area contributed by atoms with E-state index >= 15 is 0 Å². The Morgan fingerprint density at radius 2 is 1.00 bits per heavy atom. The lowest BCUT2D eigenvalue weighted by molar-refractivity contribution is 1.28. The van der Waals surface area contributed by atoms with Gasteiger partial charge in [-0.25, -0.2) is 0 Å². The smallest absolute Gasteiger partial charge is 0.0462 e. The molecule has 0 aliphatic heterocycles. The summed E-state index contributed by atoms with van der Waals surface area (Å²) in [5, 5.41) is 0. The first-order valence-electron chi connectivity index (χ1n) is 10.4. The van der Waals surface area contributed by atoms with E-state index < -0.39 is 0 Å². The molecule has 0 saturated carbocycles. The quantitative estimate of drug-likeness (QED) is 0.281. The highest BCUT2D eigenvalue weighted by Gasteiger charge is 2.12. The van der Waals surface area contributed by atoms with Gasteiger partial charge in [-0.1, -0.05) is 110 Å². The molecule has 0 N–H and O–H groups in total. The standard InChI is InChI=1S/C30H25N/c1-2-3-4-7-12-25-17-21-29(22-18-25)31(28-15-10-6-11-16-28)30-23-19-27(20-24-30)26-13-8-5-9-14-26/h2-24H,1H2/b4-3-,12-7+. The second-order valence-electron chi connectivity index (χ2n) is 7.16. The molecule has 0 heterocycles. The van der Waals surface area contributed by atoms with Gasteiger partial charge in [-0.15, -0.1) is 0 Å². The predicted molar refractivity (Wildman–Crippen MR) is 135 cm³/mol. The summed E-state index contributed by atoms with van der Waals surface area (Å²) in [5.74, 6) is 0. The van der Waals surface area contributed by atoms with Gasteiger partial charge in [0, 0.05) is 17.1 Å². The van der Waals surface area contributed by atoms with Gasteiger partial charge in [0.15, 0.2) is 0 Å². The minimum Gasteiger partial charge on any atom is -0.311 e. The van der Waals surface area contributed by atoms with Crippen LogP contribution in [0.5, 0.6) is 0 Å². The van der Waals surface area contributed by atoms with Crippen molar-refractivity contribution >= 4 is 23.1 Å². The van der Waals surface area contributed by atoms with Crippen molar-refractivity contribution in [1.82, 2.24) is 0 Å². The summed E-state index contributed by atoms with van der Waals surface area (Å²) in [4.78, 5) is 2.28. The SMILES string of the molecule is C=C/C=C\C=C\c1ccc(N(c2ccccc2)c2ccc(-c3ccccc3)cc2)cc1. The number of allylic oxidation sites excluding steroid dienone is 4. The maximum absolute atomic E-state index is 3.69. The molecule has 0 spiro atoms. The molecule has 0 amide bonds. The molecule has 0 bridgehead atoms. The molecule has 4 aromatic rings. The maximum Gasteiger partial charge on any atom is 0.0462 e. The Bertz CT molecular complexity index is 1150. The van der Waals surface area contributed by atoms with Crippen LogP contribution in [0.25, 0.3) is 17.2 Å². The van der Waals surface area contributed by atoms with Gasteiger partial charge in [0.2, 0.25) is 0 Å². The molecule has 0 aromatic heterocycles.